The van der Waals surface area contributed by atoms with Crippen LogP contribution in [0.4, 0.5) is 0 Å². The highest BCUT2D eigenvalue weighted by Crippen LogP contribution is 2.43. The maximum absolute atomic E-state index is 12.6. The summed E-state index contributed by atoms with van der Waals surface area (Å²) in [5.74, 6) is -0.413. The number of phosphoric acid groups is 1. The van der Waals surface area contributed by atoms with E-state index in [9.17, 15) is 19.4 Å². The zero-order valence-corrected chi connectivity index (χ0v) is 35.7. The number of ether oxygens (including phenoxy) is 2. The summed E-state index contributed by atoms with van der Waals surface area (Å²) in [4.78, 5) is 22.6. The van der Waals surface area contributed by atoms with Crippen LogP contribution < -0.4 is 0 Å². The van der Waals surface area contributed by atoms with Gasteiger partial charge in [-0.3, -0.25) is 13.8 Å². The van der Waals surface area contributed by atoms with E-state index in [4.69, 9.17) is 23.6 Å². The number of rotatable bonds is 39. The predicted octanol–water partition coefficient (Wildman–Crippen LogP) is 11.7. The molecule has 0 aromatic rings. The quantitative estimate of drug-likeness (QED) is 0.0240. The molecule has 56 heavy (non-hydrogen) atoms. The molecule has 0 aliphatic carbocycles. The molecule has 0 fully saturated rings. The molecule has 0 saturated carbocycles. The summed E-state index contributed by atoms with van der Waals surface area (Å²) in [7, 11) is -4.54. The Bertz CT molecular complexity index is 1190. The van der Waals surface area contributed by atoms with Crippen LogP contribution in [0.15, 0.2) is 97.2 Å². The third-order valence-electron chi connectivity index (χ3n) is 8.27. The maximum Gasteiger partial charge on any atom is 0.472 e. The highest BCUT2D eigenvalue weighted by Gasteiger charge is 2.26. The Hall–Kier alpha value is -2.62. The summed E-state index contributed by atoms with van der Waals surface area (Å²) in [5.41, 5.74) is 0. The van der Waals surface area contributed by atoms with Crippen molar-refractivity contribution in [3.05, 3.63) is 97.2 Å². The molecule has 0 saturated heterocycles. The van der Waals surface area contributed by atoms with Crippen LogP contribution in [0.3, 0.4) is 0 Å². The van der Waals surface area contributed by atoms with Gasteiger partial charge in [-0.15, -0.1) is 0 Å². The van der Waals surface area contributed by atoms with E-state index in [0.717, 1.165) is 96.3 Å². The van der Waals surface area contributed by atoms with Crippen molar-refractivity contribution >= 4 is 13.8 Å². The first-order chi connectivity index (χ1) is 27.3. The van der Waals surface area contributed by atoms with Crippen LogP contribution in [0.2, 0.25) is 0 Å². The molecule has 320 valence electrons. The summed E-state index contributed by atoms with van der Waals surface area (Å²) in [5, 5.41) is 18.3. The first kappa shape index (κ1) is 53.4. The van der Waals surface area contributed by atoms with Crippen LogP contribution in [0.5, 0.6) is 0 Å². The van der Waals surface area contributed by atoms with Gasteiger partial charge in [-0.2, -0.15) is 0 Å². The Kier molecular flexibility index (Phi) is 40.0. The number of aliphatic hydroxyl groups excluding tert-OH is 2. The Balaban J connectivity index is 4.31. The number of allylic oxidation sites excluding steroid dienone is 16. The number of hydrogen-bond donors (Lipinski definition) is 3. The highest BCUT2D eigenvalue weighted by atomic mass is 31.2. The number of esters is 1. The lowest BCUT2D eigenvalue weighted by Crippen LogP contribution is -2.29. The second-order valence-corrected chi connectivity index (χ2v) is 15.0. The van der Waals surface area contributed by atoms with E-state index in [1.165, 1.54) is 19.3 Å². The molecule has 10 heteroatoms. The van der Waals surface area contributed by atoms with E-state index in [0.29, 0.717) is 13.0 Å². The zero-order chi connectivity index (χ0) is 41.1. The van der Waals surface area contributed by atoms with E-state index in [-0.39, 0.29) is 13.0 Å². The van der Waals surface area contributed by atoms with Gasteiger partial charge in [0.15, 0.2) is 0 Å². The summed E-state index contributed by atoms with van der Waals surface area (Å²) in [6.45, 7) is 3.13. The molecular weight excluding hydrogens is 727 g/mol. The van der Waals surface area contributed by atoms with E-state index in [1.54, 1.807) is 0 Å². The van der Waals surface area contributed by atoms with E-state index >= 15 is 0 Å². The normalized spacial score (nSPS) is 15.0. The van der Waals surface area contributed by atoms with Gasteiger partial charge in [0, 0.05) is 13.0 Å². The summed E-state index contributed by atoms with van der Waals surface area (Å²) in [6.07, 6.45) is 52.3. The molecule has 3 unspecified atom stereocenters. The number of aliphatic hydroxyl groups is 2. The van der Waals surface area contributed by atoms with Gasteiger partial charge in [0.1, 0.15) is 12.2 Å². The first-order valence-electron chi connectivity index (χ1n) is 21.2. The third kappa shape index (κ3) is 41.0. The summed E-state index contributed by atoms with van der Waals surface area (Å²) in [6, 6.07) is 0. The molecule has 9 nitrogen and oxygen atoms in total. The fourth-order valence-corrected chi connectivity index (χ4v) is 5.89. The van der Waals surface area contributed by atoms with E-state index in [2.05, 4.69) is 111 Å². The lowest BCUT2D eigenvalue weighted by molar-refractivity contribution is -0.154. The Morgan fingerprint density at radius 2 is 0.964 bits per heavy atom. The second kappa shape index (κ2) is 42.0. The molecule has 0 bridgehead atoms. The SMILES string of the molecule is CC/C=C\C/C=C\C/C=C\C/C=C\C/C=C\CCCCOCC(COP(=O)(O)OCC(O)CO)OC(=O)CCCCCCCCC/C=C\C/C=C\C/C=C\CC. The minimum absolute atomic E-state index is 0.00914. The van der Waals surface area contributed by atoms with Gasteiger partial charge in [-0.05, 0) is 89.9 Å². The molecule has 0 heterocycles. The van der Waals surface area contributed by atoms with Crippen molar-refractivity contribution in [2.75, 3.05) is 33.0 Å². The van der Waals surface area contributed by atoms with Crippen molar-refractivity contribution in [1.82, 2.24) is 0 Å². The van der Waals surface area contributed by atoms with Crippen molar-refractivity contribution in [1.29, 1.82) is 0 Å². The molecule has 0 radical (unpaired) electrons. The fraction of sp³-hybridized carbons (Fsp3) is 0.630. The molecular formula is C46H77O9P. The maximum atomic E-state index is 12.6. The molecule has 0 rings (SSSR count). The van der Waals surface area contributed by atoms with Gasteiger partial charge in [0.05, 0.1) is 26.4 Å². The van der Waals surface area contributed by atoms with E-state index in [1.807, 2.05) is 0 Å². The molecule has 0 spiro atoms. The largest absolute Gasteiger partial charge is 0.472 e. The molecule has 0 aromatic heterocycles. The highest BCUT2D eigenvalue weighted by molar-refractivity contribution is 7.47. The smallest absolute Gasteiger partial charge is 0.457 e. The zero-order valence-electron chi connectivity index (χ0n) is 34.8. The lowest BCUT2D eigenvalue weighted by Gasteiger charge is -2.20. The lowest BCUT2D eigenvalue weighted by atomic mass is 10.1. The minimum atomic E-state index is -4.54. The number of phosphoric ester groups is 1. The van der Waals surface area contributed by atoms with Crippen molar-refractivity contribution in [3.63, 3.8) is 0 Å². The average Bonchev–Trinajstić information content (AvgIpc) is 3.19. The second-order valence-electron chi connectivity index (χ2n) is 13.6. The van der Waals surface area contributed by atoms with Crippen LogP contribution in [-0.2, 0) is 27.9 Å². The van der Waals surface area contributed by atoms with Gasteiger partial charge >= 0.3 is 13.8 Å². The van der Waals surface area contributed by atoms with Crippen molar-refractivity contribution in [2.45, 2.75) is 154 Å². The van der Waals surface area contributed by atoms with Gasteiger partial charge in [0.25, 0.3) is 0 Å². The molecule has 0 amide bonds. The third-order valence-corrected chi connectivity index (χ3v) is 9.22. The Morgan fingerprint density at radius 1 is 0.554 bits per heavy atom. The first-order valence-corrected chi connectivity index (χ1v) is 22.7. The predicted molar refractivity (Wildman–Crippen MR) is 232 cm³/mol. The molecule has 3 atom stereocenters. The fourth-order valence-electron chi connectivity index (χ4n) is 5.10. The van der Waals surface area contributed by atoms with Gasteiger partial charge in [0.2, 0.25) is 0 Å². The van der Waals surface area contributed by atoms with Crippen LogP contribution in [0.25, 0.3) is 0 Å². The number of unbranched alkanes of at least 4 members (excludes halogenated alkanes) is 9. The van der Waals surface area contributed by atoms with Crippen molar-refractivity contribution < 1.29 is 43.0 Å². The van der Waals surface area contributed by atoms with Crippen molar-refractivity contribution in [2.24, 2.45) is 0 Å². The molecule has 0 aliphatic rings. The number of hydrogen-bond acceptors (Lipinski definition) is 8. The van der Waals surface area contributed by atoms with Crippen LogP contribution in [0, 0.1) is 0 Å². The summed E-state index contributed by atoms with van der Waals surface area (Å²) >= 11 is 0. The topological polar surface area (TPSA) is 132 Å². The van der Waals surface area contributed by atoms with Gasteiger partial charge in [-0.25, -0.2) is 4.57 Å². The van der Waals surface area contributed by atoms with Crippen molar-refractivity contribution in [3.8, 4) is 0 Å². The molecule has 0 aromatic carbocycles. The van der Waals surface area contributed by atoms with Crippen LogP contribution in [0.1, 0.15) is 142 Å². The molecule has 3 N–H and O–H groups in total. The Morgan fingerprint density at radius 3 is 1.45 bits per heavy atom. The monoisotopic (exact) mass is 805 g/mol. The van der Waals surface area contributed by atoms with Gasteiger partial charge < -0.3 is 24.6 Å². The van der Waals surface area contributed by atoms with Crippen LogP contribution in [-0.4, -0.2) is 66.3 Å². The average molecular weight is 805 g/mol. The Labute approximate surface area is 340 Å². The molecule has 0 aliphatic heterocycles. The van der Waals surface area contributed by atoms with Gasteiger partial charge in [-0.1, -0.05) is 143 Å². The number of carbonyl (C=O) groups excluding carboxylic acids is 1. The summed E-state index contributed by atoms with van der Waals surface area (Å²) < 4.78 is 33.3. The van der Waals surface area contributed by atoms with E-state index < -0.39 is 45.8 Å². The number of carbonyl (C=O) groups is 1. The van der Waals surface area contributed by atoms with Crippen LogP contribution >= 0.6 is 7.82 Å². The minimum Gasteiger partial charge on any atom is -0.457 e. The standard InChI is InChI=1S/C46H77O9P/c1-3-5-7-9-11-13-15-17-19-21-23-25-27-29-31-33-35-37-39-52-42-45(43-54-56(50,51)53-41-44(48)40-47)55-46(49)38-36-34-32-30-28-26-24-22-20-18-16-14-12-10-8-6-4-2/h5-8,11-14,17-20,23,25,29,31,44-45,47-48H,3-4,9-10,15-16,21-22,24,26-28,30,32-43H2,1-2H3,(H,50,51)/b7-5-,8-6-,13-11-,14-12-,19-17-,20-18-,25-23-,31-29-.